The molecule has 5 nitrogen and oxygen atoms in total. The van der Waals surface area contributed by atoms with Crippen molar-refractivity contribution in [3.63, 3.8) is 0 Å². The number of hydrogen-bond acceptors (Lipinski definition) is 5. The summed E-state index contributed by atoms with van der Waals surface area (Å²) in [5, 5.41) is 9.32. The Morgan fingerprint density at radius 1 is 1.56 bits per heavy atom. The van der Waals surface area contributed by atoms with E-state index in [0.717, 1.165) is 5.56 Å². The van der Waals surface area contributed by atoms with Gasteiger partial charge in [-0.05, 0) is 25.6 Å². The molecule has 0 aliphatic carbocycles. The molecule has 3 N–H and O–H groups in total. The first-order valence-electron chi connectivity index (χ1n) is 5.78. The van der Waals surface area contributed by atoms with Crippen molar-refractivity contribution >= 4 is 11.7 Å². The van der Waals surface area contributed by atoms with E-state index in [-0.39, 0.29) is 0 Å². The van der Waals surface area contributed by atoms with E-state index < -0.39 is 12.1 Å². The molecular weight excluding hydrogens is 232 g/mol. The van der Waals surface area contributed by atoms with E-state index in [1.165, 1.54) is 7.11 Å². The van der Waals surface area contributed by atoms with Crippen molar-refractivity contribution in [1.82, 2.24) is 4.90 Å². The van der Waals surface area contributed by atoms with Gasteiger partial charge in [-0.3, -0.25) is 4.90 Å². The fourth-order valence-corrected chi connectivity index (χ4v) is 1.91. The minimum Gasteiger partial charge on any atom is -0.465 e. The maximum absolute atomic E-state index is 11.7. The summed E-state index contributed by atoms with van der Waals surface area (Å²) < 4.78 is 4.73. The smallest absolute Gasteiger partial charge is 0.340 e. The maximum atomic E-state index is 11.7. The largest absolute Gasteiger partial charge is 0.465 e. The molecule has 0 bridgehead atoms. The molecule has 0 heterocycles. The lowest BCUT2D eigenvalue weighted by Crippen LogP contribution is -2.27. The summed E-state index contributed by atoms with van der Waals surface area (Å²) in [4.78, 5) is 13.6. The Hall–Kier alpha value is -1.59. The predicted octanol–water partition coefficient (Wildman–Crippen LogP) is 0.868. The van der Waals surface area contributed by atoms with Gasteiger partial charge in [0.25, 0.3) is 0 Å². The predicted molar refractivity (Wildman–Crippen MR) is 70.2 cm³/mol. The number of anilines is 1. The van der Waals surface area contributed by atoms with Crippen LogP contribution < -0.4 is 5.73 Å². The summed E-state index contributed by atoms with van der Waals surface area (Å²) in [5.41, 5.74) is 7.41. The topological polar surface area (TPSA) is 75.8 Å². The lowest BCUT2D eigenvalue weighted by atomic mass is 10.0. The Morgan fingerprint density at radius 2 is 2.22 bits per heavy atom. The molecule has 0 aromatic heterocycles. The number of aliphatic hydroxyl groups excluding tert-OH is 1. The van der Waals surface area contributed by atoms with Gasteiger partial charge in [-0.25, -0.2) is 4.79 Å². The number of nitrogens with zero attached hydrogens (tertiary/aromatic N) is 1. The molecule has 1 unspecified atom stereocenters. The zero-order chi connectivity index (χ0) is 13.7. The van der Waals surface area contributed by atoms with Crippen molar-refractivity contribution in [2.24, 2.45) is 0 Å². The van der Waals surface area contributed by atoms with Gasteiger partial charge in [-0.2, -0.15) is 0 Å². The minimum atomic E-state index is -0.437. The van der Waals surface area contributed by atoms with Gasteiger partial charge in [0, 0.05) is 18.8 Å². The van der Waals surface area contributed by atoms with Crippen molar-refractivity contribution in [2.45, 2.75) is 19.6 Å². The van der Waals surface area contributed by atoms with E-state index in [4.69, 9.17) is 10.5 Å². The molecule has 0 spiro atoms. The average Bonchev–Trinajstić information content (AvgIpc) is 2.27. The SMILES string of the molecule is COC(=O)c1c(N)cccc1CN(C)CC(C)O. The molecule has 5 heteroatoms. The molecule has 1 aromatic carbocycles. The monoisotopic (exact) mass is 252 g/mol. The Kier molecular flexibility index (Phi) is 5.12. The zero-order valence-electron chi connectivity index (χ0n) is 11.0. The van der Waals surface area contributed by atoms with E-state index >= 15 is 0 Å². The summed E-state index contributed by atoms with van der Waals surface area (Å²) >= 11 is 0. The second kappa shape index (κ2) is 6.37. The highest BCUT2D eigenvalue weighted by Gasteiger charge is 2.16. The second-order valence-corrected chi connectivity index (χ2v) is 4.42. The molecule has 0 fully saturated rings. The van der Waals surface area contributed by atoms with Gasteiger partial charge >= 0.3 is 5.97 Å². The number of methoxy groups -OCH3 is 1. The average molecular weight is 252 g/mol. The highest BCUT2D eigenvalue weighted by Crippen LogP contribution is 2.19. The third kappa shape index (κ3) is 3.72. The number of ether oxygens (including phenoxy) is 1. The van der Waals surface area contributed by atoms with Crippen LogP contribution in [0.3, 0.4) is 0 Å². The number of carbonyl (C=O) groups excluding carboxylic acids is 1. The van der Waals surface area contributed by atoms with Gasteiger partial charge in [-0.15, -0.1) is 0 Å². The van der Waals surface area contributed by atoms with Crippen LogP contribution in [0.5, 0.6) is 0 Å². The van der Waals surface area contributed by atoms with E-state index in [1.807, 2.05) is 18.0 Å². The normalized spacial score (nSPS) is 12.5. The maximum Gasteiger partial charge on any atom is 0.340 e. The summed E-state index contributed by atoms with van der Waals surface area (Å²) in [7, 11) is 3.20. The zero-order valence-corrected chi connectivity index (χ0v) is 11.0. The Labute approximate surface area is 107 Å². The summed E-state index contributed by atoms with van der Waals surface area (Å²) in [6, 6.07) is 5.30. The van der Waals surface area contributed by atoms with E-state index in [9.17, 15) is 9.90 Å². The van der Waals surface area contributed by atoms with E-state index in [1.54, 1.807) is 19.1 Å². The lowest BCUT2D eigenvalue weighted by Gasteiger charge is -2.20. The molecule has 0 aliphatic rings. The summed E-state index contributed by atoms with van der Waals surface area (Å²) in [6.07, 6.45) is -0.419. The van der Waals surface area contributed by atoms with Crippen molar-refractivity contribution in [3.8, 4) is 0 Å². The Balaban J connectivity index is 2.95. The lowest BCUT2D eigenvalue weighted by molar-refractivity contribution is 0.0599. The van der Waals surface area contributed by atoms with Crippen LogP contribution in [0, 0.1) is 0 Å². The molecule has 1 aromatic rings. The standard InChI is InChI=1S/C13H20N2O3/c1-9(16)7-15(2)8-10-5-4-6-11(14)12(10)13(17)18-3/h4-6,9,16H,7-8,14H2,1-3H3. The first-order valence-corrected chi connectivity index (χ1v) is 5.78. The van der Waals surface area contributed by atoms with Crippen LogP contribution in [0.1, 0.15) is 22.8 Å². The molecule has 0 saturated heterocycles. The van der Waals surface area contributed by atoms with Gasteiger partial charge in [-0.1, -0.05) is 12.1 Å². The summed E-state index contributed by atoms with van der Waals surface area (Å²) in [5.74, 6) is -0.437. The number of likely N-dealkylation sites (N-methyl/N-ethyl adjacent to an activating group) is 1. The fourth-order valence-electron chi connectivity index (χ4n) is 1.91. The molecule has 100 valence electrons. The van der Waals surface area contributed by atoms with Gasteiger partial charge in [0.05, 0.1) is 18.8 Å². The van der Waals surface area contributed by atoms with Crippen LogP contribution in [0.15, 0.2) is 18.2 Å². The Bertz CT molecular complexity index is 419. The molecule has 1 rings (SSSR count). The fraction of sp³-hybridized carbons (Fsp3) is 0.462. The van der Waals surface area contributed by atoms with E-state index in [2.05, 4.69) is 0 Å². The van der Waals surface area contributed by atoms with Gasteiger partial charge < -0.3 is 15.6 Å². The molecule has 0 saturated carbocycles. The molecule has 0 radical (unpaired) electrons. The van der Waals surface area contributed by atoms with Crippen molar-refractivity contribution < 1.29 is 14.6 Å². The summed E-state index contributed by atoms with van der Waals surface area (Å²) in [6.45, 7) is 2.77. The van der Waals surface area contributed by atoms with Crippen LogP contribution in [0.2, 0.25) is 0 Å². The van der Waals surface area contributed by atoms with Crippen LogP contribution in [-0.4, -0.2) is 42.8 Å². The molecule has 0 aliphatic heterocycles. The first-order chi connectivity index (χ1) is 8.45. The van der Waals surface area contributed by atoms with Crippen molar-refractivity contribution in [3.05, 3.63) is 29.3 Å². The molecule has 18 heavy (non-hydrogen) atoms. The number of rotatable bonds is 5. The third-order valence-corrected chi connectivity index (χ3v) is 2.59. The van der Waals surface area contributed by atoms with Crippen LogP contribution >= 0.6 is 0 Å². The number of hydrogen-bond donors (Lipinski definition) is 2. The number of benzene rings is 1. The van der Waals surface area contributed by atoms with Gasteiger partial charge in [0.1, 0.15) is 0 Å². The van der Waals surface area contributed by atoms with Gasteiger partial charge in [0.15, 0.2) is 0 Å². The van der Waals surface area contributed by atoms with Crippen LogP contribution in [0.25, 0.3) is 0 Å². The number of carbonyl (C=O) groups is 1. The van der Waals surface area contributed by atoms with Crippen molar-refractivity contribution in [2.75, 3.05) is 26.4 Å². The molecule has 0 amide bonds. The highest BCUT2D eigenvalue weighted by molar-refractivity contribution is 5.96. The Morgan fingerprint density at radius 3 is 2.78 bits per heavy atom. The first kappa shape index (κ1) is 14.5. The number of nitrogen functional groups attached to an aromatic ring is 1. The van der Waals surface area contributed by atoms with E-state index in [0.29, 0.717) is 24.3 Å². The third-order valence-electron chi connectivity index (χ3n) is 2.59. The number of nitrogens with two attached hydrogens (primary N) is 1. The quantitative estimate of drug-likeness (QED) is 0.600. The number of aliphatic hydroxyl groups is 1. The van der Waals surface area contributed by atoms with Gasteiger partial charge in [0.2, 0.25) is 0 Å². The molecular formula is C13H20N2O3. The van der Waals surface area contributed by atoms with Crippen molar-refractivity contribution in [1.29, 1.82) is 0 Å². The minimum absolute atomic E-state index is 0.400. The number of esters is 1. The van der Waals surface area contributed by atoms with Crippen LogP contribution in [0.4, 0.5) is 5.69 Å². The van der Waals surface area contributed by atoms with Crippen LogP contribution in [-0.2, 0) is 11.3 Å². The highest BCUT2D eigenvalue weighted by atomic mass is 16.5. The molecule has 1 atom stereocenters. The second-order valence-electron chi connectivity index (χ2n) is 4.42.